The predicted molar refractivity (Wildman–Crippen MR) is 85.8 cm³/mol. The molecule has 1 aromatic carbocycles. The maximum Gasteiger partial charge on any atom is 0.416 e. The molecule has 1 fully saturated rings. The van der Waals surface area contributed by atoms with E-state index in [1.807, 2.05) is 0 Å². The number of benzene rings is 1. The van der Waals surface area contributed by atoms with E-state index in [0.29, 0.717) is 6.42 Å². The molecule has 24 heavy (non-hydrogen) atoms. The van der Waals surface area contributed by atoms with Gasteiger partial charge in [0.1, 0.15) is 5.60 Å². The maximum atomic E-state index is 12.6. The summed E-state index contributed by atoms with van der Waals surface area (Å²) in [5, 5.41) is 2.87. The largest absolute Gasteiger partial charge is 0.444 e. The molecule has 0 aromatic heterocycles. The quantitative estimate of drug-likeness (QED) is 0.796. The lowest BCUT2D eigenvalue weighted by Crippen LogP contribution is -2.41. The highest BCUT2D eigenvalue weighted by atomic mass is 19.4. The van der Waals surface area contributed by atoms with Crippen LogP contribution in [0.25, 0.3) is 0 Å². The molecule has 0 aliphatic heterocycles. The molecule has 1 amide bonds. The third-order valence-electron chi connectivity index (χ3n) is 4.10. The molecule has 2 unspecified atom stereocenters. The fraction of sp³-hybridized carbons (Fsp3) is 0.611. The first-order valence-electron chi connectivity index (χ1n) is 8.21. The molecule has 6 heteroatoms. The molecule has 0 saturated heterocycles. The van der Waals surface area contributed by atoms with Crippen LogP contribution in [0.1, 0.15) is 63.5 Å². The van der Waals surface area contributed by atoms with Crippen molar-refractivity contribution in [1.29, 1.82) is 0 Å². The molecule has 1 aliphatic rings. The van der Waals surface area contributed by atoms with Crippen molar-refractivity contribution in [2.24, 2.45) is 0 Å². The van der Waals surface area contributed by atoms with Crippen molar-refractivity contribution in [3.8, 4) is 0 Å². The summed E-state index contributed by atoms with van der Waals surface area (Å²) in [5.74, 6) is 0.154. The van der Waals surface area contributed by atoms with Gasteiger partial charge in [0.15, 0.2) is 0 Å². The zero-order valence-electron chi connectivity index (χ0n) is 14.2. The van der Waals surface area contributed by atoms with Crippen molar-refractivity contribution >= 4 is 6.09 Å². The van der Waals surface area contributed by atoms with E-state index in [1.165, 1.54) is 0 Å². The van der Waals surface area contributed by atoms with Gasteiger partial charge in [0, 0.05) is 6.04 Å². The third-order valence-corrected chi connectivity index (χ3v) is 4.10. The predicted octanol–water partition coefficient (Wildman–Crippen LogP) is 5.26. The lowest BCUT2D eigenvalue weighted by atomic mass is 9.81. The van der Waals surface area contributed by atoms with Gasteiger partial charge in [-0.1, -0.05) is 18.6 Å². The zero-order valence-corrected chi connectivity index (χ0v) is 14.2. The Morgan fingerprint density at radius 1 is 1.12 bits per heavy atom. The highest BCUT2D eigenvalue weighted by Gasteiger charge is 2.31. The normalized spacial score (nSPS) is 22.1. The van der Waals surface area contributed by atoms with Crippen LogP contribution in [-0.2, 0) is 10.9 Å². The lowest BCUT2D eigenvalue weighted by Gasteiger charge is -2.31. The summed E-state index contributed by atoms with van der Waals surface area (Å²) < 4.78 is 43.2. The fourth-order valence-electron chi connectivity index (χ4n) is 3.04. The summed E-state index contributed by atoms with van der Waals surface area (Å²) in [6.45, 7) is 5.41. The van der Waals surface area contributed by atoms with Crippen molar-refractivity contribution in [2.75, 3.05) is 0 Å². The van der Waals surface area contributed by atoms with E-state index in [9.17, 15) is 18.0 Å². The Labute approximate surface area is 140 Å². The van der Waals surface area contributed by atoms with E-state index in [2.05, 4.69) is 5.32 Å². The Bertz CT molecular complexity index is 561. The van der Waals surface area contributed by atoms with Gasteiger partial charge in [0.25, 0.3) is 0 Å². The van der Waals surface area contributed by atoms with E-state index in [1.54, 1.807) is 32.9 Å². The molecule has 2 atom stereocenters. The molecule has 3 nitrogen and oxygen atoms in total. The Morgan fingerprint density at radius 3 is 2.29 bits per heavy atom. The van der Waals surface area contributed by atoms with E-state index >= 15 is 0 Å². The summed E-state index contributed by atoms with van der Waals surface area (Å²) >= 11 is 0. The zero-order chi connectivity index (χ0) is 18.0. The molecule has 0 radical (unpaired) electrons. The number of amides is 1. The average Bonchev–Trinajstić information content (AvgIpc) is 2.44. The summed E-state index contributed by atoms with van der Waals surface area (Å²) in [4.78, 5) is 11.9. The van der Waals surface area contributed by atoms with Gasteiger partial charge < -0.3 is 10.1 Å². The van der Waals surface area contributed by atoms with E-state index < -0.39 is 23.4 Å². The van der Waals surface area contributed by atoms with Crippen molar-refractivity contribution in [3.63, 3.8) is 0 Å². The molecule has 1 aliphatic carbocycles. The first kappa shape index (κ1) is 18.6. The summed E-state index contributed by atoms with van der Waals surface area (Å²) in [7, 11) is 0. The van der Waals surface area contributed by atoms with Gasteiger partial charge >= 0.3 is 12.3 Å². The van der Waals surface area contributed by atoms with Gasteiger partial charge in [-0.3, -0.25) is 0 Å². The van der Waals surface area contributed by atoms with E-state index in [-0.39, 0.29) is 12.0 Å². The lowest BCUT2D eigenvalue weighted by molar-refractivity contribution is -0.137. The summed E-state index contributed by atoms with van der Waals surface area (Å²) in [5.41, 5.74) is -0.296. The van der Waals surface area contributed by atoms with Crippen LogP contribution in [0, 0.1) is 0 Å². The first-order valence-corrected chi connectivity index (χ1v) is 8.21. The number of rotatable bonds is 2. The standard InChI is InChI=1S/C18H24F3NO2/c1-17(2,3)24-16(23)22-15-6-4-5-13(11-15)12-7-9-14(10-8-12)18(19,20)21/h7-10,13,15H,4-6,11H2,1-3H3,(H,22,23). The SMILES string of the molecule is CC(C)(C)OC(=O)NC1CCCC(c2ccc(C(F)(F)F)cc2)C1. The fourth-order valence-corrected chi connectivity index (χ4v) is 3.04. The molecular weight excluding hydrogens is 319 g/mol. The van der Waals surface area contributed by atoms with E-state index in [0.717, 1.165) is 37.0 Å². The number of hydrogen-bond donors (Lipinski definition) is 1. The first-order chi connectivity index (χ1) is 11.0. The molecule has 0 heterocycles. The number of carbonyl (C=O) groups excluding carboxylic acids is 1. The topological polar surface area (TPSA) is 38.3 Å². The highest BCUT2D eigenvalue weighted by molar-refractivity contribution is 5.68. The van der Waals surface area contributed by atoms with Crippen molar-refractivity contribution in [3.05, 3.63) is 35.4 Å². The van der Waals surface area contributed by atoms with Crippen LogP contribution in [0.4, 0.5) is 18.0 Å². The van der Waals surface area contributed by atoms with Crippen LogP contribution >= 0.6 is 0 Å². The second-order valence-electron chi connectivity index (χ2n) is 7.33. The molecule has 1 saturated carbocycles. The third kappa shape index (κ3) is 5.42. The average molecular weight is 343 g/mol. The molecule has 1 aromatic rings. The van der Waals surface area contributed by atoms with Crippen LogP contribution in [0.5, 0.6) is 0 Å². The minimum Gasteiger partial charge on any atom is -0.444 e. The number of nitrogens with one attached hydrogen (secondary N) is 1. The van der Waals surface area contributed by atoms with Gasteiger partial charge in [0.2, 0.25) is 0 Å². The van der Waals surface area contributed by atoms with Gasteiger partial charge in [-0.05, 0) is 63.6 Å². The van der Waals surface area contributed by atoms with Crippen LogP contribution < -0.4 is 5.32 Å². The Hall–Kier alpha value is -1.72. The highest BCUT2D eigenvalue weighted by Crippen LogP contribution is 2.35. The van der Waals surface area contributed by atoms with Crippen LogP contribution in [0.2, 0.25) is 0 Å². The monoisotopic (exact) mass is 343 g/mol. The second-order valence-corrected chi connectivity index (χ2v) is 7.33. The second kappa shape index (κ2) is 7.03. The summed E-state index contributed by atoms with van der Waals surface area (Å²) in [6, 6.07) is 5.33. The Balaban J connectivity index is 1.96. The Kier molecular flexibility index (Phi) is 5.45. The number of carbonyl (C=O) groups is 1. The van der Waals surface area contributed by atoms with Crippen molar-refractivity contribution in [1.82, 2.24) is 5.32 Å². The van der Waals surface area contributed by atoms with Crippen LogP contribution in [0.3, 0.4) is 0 Å². The molecule has 134 valence electrons. The van der Waals surface area contributed by atoms with Gasteiger partial charge in [-0.2, -0.15) is 13.2 Å². The number of alkyl carbamates (subject to hydrolysis) is 1. The van der Waals surface area contributed by atoms with Crippen LogP contribution in [-0.4, -0.2) is 17.7 Å². The smallest absolute Gasteiger partial charge is 0.416 e. The number of halogens is 3. The molecule has 0 spiro atoms. The molecule has 1 N–H and O–H groups in total. The minimum atomic E-state index is -4.31. The van der Waals surface area contributed by atoms with Crippen molar-refractivity contribution < 1.29 is 22.7 Å². The Morgan fingerprint density at radius 2 is 1.75 bits per heavy atom. The summed E-state index contributed by atoms with van der Waals surface area (Å²) in [6.07, 6.45) is -1.35. The molecule has 0 bridgehead atoms. The minimum absolute atomic E-state index is 0.0131. The maximum absolute atomic E-state index is 12.6. The number of alkyl halides is 3. The van der Waals surface area contributed by atoms with Gasteiger partial charge in [-0.15, -0.1) is 0 Å². The van der Waals surface area contributed by atoms with Gasteiger partial charge in [0.05, 0.1) is 5.56 Å². The molecule has 2 rings (SSSR count). The van der Waals surface area contributed by atoms with Crippen molar-refractivity contribution in [2.45, 2.75) is 70.2 Å². The van der Waals surface area contributed by atoms with Crippen LogP contribution in [0.15, 0.2) is 24.3 Å². The number of hydrogen-bond acceptors (Lipinski definition) is 2. The van der Waals surface area contributed by atoms with E-state index in [4.69, 9.17) is 4.74 Å². The van der Waals surface area contributed by atoms with Gasteiger partial charge in [-0.25, -0.2) is 4.79 Å². The molecular formula is C18H24F3NO2. The number of ether oxygens (including phenoxy) is 1.